The summed E-state index contributed by atoms with van der Waals surface area (Å²) in [6, 6.07) is 20.8. The van der Waals surface area contributed by atoms with Crippen molar-refractivity contribution in [3.8, 4) is 11.4 Å². The Bertz CT molecular complexity index is 1290. The van der Waals surface area contributed by atoms with Gasteiger partial charge in [0.15, 0.2) is 16.8 Å². The van der Waals surface area contributed by atoms with Gasteiger partial charge in [-0.05, 0) is 36.5 Å². The molecular formula is C28H32N4OS. The van der Waals surface area contributed by atoms with Crippen molar-refractivity contribution in [3.63, 3.8) is 0 Å². The van der Waals surface area contributed by atoms with Crippen LogP contribution in [0, 0.1) is 13.8 Å². The van der Waals surface area contributed by atoms with E-state index in [1.165, 1.54) is 17.3 Å². The number of aromatic nitrogens is 4. The monoisotopic (exact) mass is 472 g/mol. The average Bonchev–Trinajstić information content (AvgIpc) is 3.33. The molecule has 5 nitrogen and oxygen atoms in total. The van der Waals surface area contributed by atoms with Crippen molar-refractivity contribution < 1.29 is 4.79 Å². The van der Waals surface area contributed by atoms with Crippen molar-refractivity contribution >= 4 is 17.5 Å². The Hall–Kier alpha value is -3.12. The lowest BCUT2D eigenvalue weighted by molar-refractivity contribution is 0.102. The number of hydrogen-bond donors (Lipinski definition) is 0. The molecule has 4 rings (SSSR count). The first kappa shape index (κ1) is 24.0. The molecule has 4 aromatic rings. The maximum Gasteiger partial charge on any atom is 0.192 e. The predicted octanol–water partition coefficient (Wildman–Crippen LogP) is 6.22. The average molecular weight is 473 g/mol. The second-order valence-electron chi connectivity index (χ2n) is 9.76. The smallest absolute Gasteiger partial charge is 0.192 e. The van der Waals surface area contributed by atoms with E-state index >= 15 is 0 Å². The molecule has 6 heteroatoms. The van der Waals surface area contributed by atoms with Crippen molar-refractivity contribution in [1.82, 2.24) is 19.3 Å². The van der Waals surface area contributed by atoms with Gasteiger partial charge < -0.3 is 4.57 Å². The number of thioether (sulfide) groups is 1. The molecule has 2 aromatic heterocycles. The first-order valence-electron chi connectivity index (χ1n) is 11.5. The van der Waals surface area contributed by atoms with Gasteiger partial charge in [-0.3, -0.25) is 9.36 Å². The van der Waals surface area contributed by atoms with Crippen LogP contribution in [0.25, 0.3) is 11.4 Å². The lowest BCUT2D eigenvalue weighted by atomic mass is 9.87. The van der Waals surface area contributed by atoms with E-state index in [0.29, 0.717) is 12.3 Å². The molecule has 0 bridgehead atoms. The van der Waals surface area contributed by atoms with Gasteiger partial charge >= 0.3 is 0 Å². The number of carbonyl (C=O) groups excluding carboxylic acids is 1. The first-order chi connectivity index (χ1) is 16.1. The minimum Gasteiger partial charge on any atom is -0.351 e. The van der Waals surface area contributed by atoms with E-state index in [0.717, 1.165) is 39.1 Å². The number of carbonyl (C=O) groups is 1. The minimum atomic E-state index is 0.0888. The van der Waals surface area contributed by atoms with Crippen LogP contribution in [0.4, 0.5) is 0 Å². The van der Waals surface area contributed by atoms with Crippen LogP contribution in [-0.2, 0) is 19.0 Å². The van der Waals surface area contributed by atoms with E-state index in [2.05, 4.69) is 76.5 Å². The van der Waals surface area contributed by atoms with Crippen LogP contribution in [0.1, 0.15) is 53.6 Å². The molecule has 0 N–H and O–H groups in total. The Morgan fingerprint density at radius 2 is 1.65 bits per heavy atom. The molecule has 0 aliphatic rings. The van der Waals surface area contributed by atoms with Crippen LogP contribution in [0.5, 0.6) is 0 Å². The lowest BCUT2D eigenvalue weighted by Gasteiger charge is -2.19. The first-order valence-corrected chi connectivity index (χ1v) is 12.5. The van der Waals surface area contributed by atoms with E-state index < -0.39 is 0 Å². The van der Waals surface area contributed by atoms with E-state index in [-0.39, 0.29) is 11.2 Å². The molecule has 176 valence electrons. The Morgan fingerprint density at radius 1 is 0.971 bits per heavy atom. The molecule has 0 saturated carbocycles. The van der Waals surface area contributed by atoms with Crippen molar-refractivity contribution in [2.45, 2.75) is 51.7 Å². The van der Waals surface area contributed by atoms with E-state index in [1.54, 1.807) is 0 Å². The normalized spacial score (nSPS) is 11.7. The highest BCUT2D eigenvalue weighted by atomic mass is 32.2. The minimum absolute atomic E-state index is 0.0888. The van der Waals surface area contributed by atoms with Gasteiger partial charge in [0.1, 0.15) is 0 Å². The Labute approximate surface area is 206 Å². The fourth-order valence-electron chi connectivity index (χ4n) is 3.98. The van der Waals surface area contributed by atoms with Crippen LogP contribution < -0.4 is 0 Å². The molecule has 0 spiro atoms. The molecule has 0 amide bonds. The number of Topliss-reactive ketones (excluding diaryl/α,β-unsaturated/α-hetero) is 1. The van der Waals surface area contributed by atoms with Crippen molar-refractivity contribution in [2.75, 3.05) is 5.75 Å². The summed E-state index contributed by atoms with van der Waals surface area (Å²) in [6.07, 6.45) is 0. The molecule has 0 fully saturated rings. The number of rotatable bonds is 7. The molecule has 0 aliphatic heterocycles. The van der Waals surface area contributed by atoms with Gasteiger partial charge in [0.2, 0.25) is 0 Å². The highest BCUT2D eigenvalue weighted by molar-refractivity contribution is 7.99. The van der Waals surface area contributed by atoms with E-state index in [1.807, 2.05) is 45.2 Å². The molecule has 0 saturated heterocycles. The van der Waals surface area contributed by atoms with Gasteiger partial charge in [0, 0.05) is 29.6 Å². The van der Waals surface area contributed by atoms with E-state index in [9.17, 15) is 4.79 Å². The number of nitrogens with zero attached hydrogens (tertiary/aromatic N) is 4. The number of ketones is 1. The number of aryl methyl sites for hydroxylation is 1. The zero-order valence-electron chi connectivity index (χ0n) is 20.8. The summed E-state index contributed by atoms with van der Waals surface area (Å²) in [4.78, 5) is 13.0. The van der Waals surface area contributed by atoms with Gasteiger partial charge in [0.05, 0.1) is 12.3 Å². The fraction of sp³-hybridized carbons (Fsp3) is 0.321. The third-order valence-corrected chi connectivity index (χ3v) is 7.28. The quantitative estimate of drug-likeness (QED) is 0.237. The van der Waals surface area contributed by atoms with Crippen LogP contribution >= 0.6 is 11.8 Å². The highest BCUT2D eigenvalue weighted by Crippen LogP contribution is 2.29. The van der Waals surface area contributed by atoms with Gasteiger partial charge in [-0.2, -0.15) is 0 Å². The predicted molar refractivity (Wildman–Crippen MR) is 140 cm³/mol. The molecule has 0 unspecified atom stereocenters. The third kappa shape index (κ3) is 5.02. The van der Waals surface area contributed by atoms with Crippen molar-refractivity contribution in [1.29, 1.82) is 0 Å². The summed E-state index contributed by atoms with van der Waals surface area (Å²) in [5.74, 6) is 1.24. The van der Waals surface area contributed by atoms with Gasteiger partial charge in [-0.1, -0.05) is 87.1 Å². The van der Waals surface area contributed by atoms with Crippen LogP contribution in [0.3, 0.4) is 0 Å². The Morgan fingerprint density at radius 3 is 2.24 bits per heavy atom. The molecule has 2 heterocycles. The SMILES string of the molecule is Cc1cc(C(=O)CSc2nnc(-c3ccc(C(C)(C)C)cc3)n2Cc2ccccc2)c(C)n1C. The largest absolute Gasteiger partial charge is 0.351 e. The molecule has 2 aromatic carbocycles. The number of benzene rings is 2. The summed E-state index contributed by atoms with van der Waals surface area (Å²) in [6.45, 7) is 11.3. The highest BCUT2D eigenvalue weighted by Gasteiger charge is 2.20. The Balaban J connectivity index is 1.64. The van der Waals surface area contributed by atoms with Gasteiger partial charge in [-0.15, -0.1) is 10.2 Å². The summed E-state index contributed by atoms with van der Waals surface area (Å²) < 4.78 is 4.16. The zero-order chi connectivity index (χ0) is 24.5. The van der Waals surface area contributed by atoms with Gasteiger partial charge in [0.25, 0.3) is 0 Å². The third-order valence-electron chi connectivity index (χ3n) is 6.32. The molecule has 0 radical (unpaired) electrons. The topological polar surface area (TPSA) is 52.7 Å². The molecular weight excluding hydrogens is 440 g/mol. The second kappa shape index (κ2) is 9.63. The molecule has 34 heavy (non-hydrogen) atoms. The zero-order valence-corrected chi connectivity index (χ0v) is 21.6. The fourth-order valence-corrected chi connectivity index (χ4v) is 4.80. The maximum absolute atomic E-state index is 13.0. The summed E-state index contributed by atoms with van der Waals surface area (Å²) in [5.41, 5.74) is 6.40. The summed E-state index contributed by atoms with van der Waals surface area (Å²) >= 11 is 1.45. The molecule has 0 aliphatic carbocycles. The van der Waals surface area contributed by atoms with E-state index in [4.69, 9.17) is 0 Å². The van der Waals surface area contributed by atoms with Crippen LogP contribution in [0.2, 0.25) is 0 Å². The molecule has 0 atom stereocenters. The lowest BCUT2D eigenvalue weighted by Crippen LogP contribution is -2.11. The maximum atomic E-state index is 13.0. The van der Waals surface area contributed by atoms with Gasteiger partial charge in [-0.25, -0.2) is 0 Å². The van der Waals surface area contributed by atoms with Crippen molar-refractivity contribution in [2.24, 2.45) is 7.05 Å². The van der Waals surface area contributed by atoms with Crippen molar-refractivity contribution in [3.05, 3.63) is 88.7 Å². The summed E-state index contributed by atoms with van der Waals surface area (Å²) in [5, 5.41) is 9.77. The van der Waals surface area contributed by atoms with Crippen LogP contribution in [0.15, 0.2) is 65.8 Å². The van der Waals surface area contributed by atoms with Crippen LogP contribution in [-0.4, -0.2) is 30.9 Å². The number of hydrogen-bond acceptors (Lipinski definition) is 4. The Kier molecular flexibility index (Phi) is 6.80. The second-order valence-corrected chi connectivity index (χ2v) is 10.7. The standard InChI is InChI=1S/C28H32N4OS/c1-19-16-24(20(2)31(19)6)25(33)18-34-27-30-29-26(32(27)17-21-10-8-7-9-11-21)22-12-14-23(15-13-22)28(3,4)5/h7-16H,17-18H2,1-6H3. The summed E-state index contributed by atoms with van der Waals surface area (Å²) in [7, 11) is 1.99.